The minimum absolute atomic E-state index is 0.00427. The van der Waals surface area contributed by atoms with Crippen LogP contribution in [0.4, 0.5) is 5.69 Å². The third-order valence-electron chi connectivity index (χ3n) is 2.97. The number of methoxy groups -OCH3 is 2. The highest BCUT2D eigenvalue weighted by Crippen LogP contribution is 2.20. The van der Waals surface area contributed by atoms with Crippen molar-refractivity contribution in [3.8, 4) is 5.75 Å². The van der Waals surface area contributed by atoms with Crippen LogP contribution in [0.3, 0.4) is 0 Å². The van der Waals surface area contributed by atoms with Crippen LogP contribution in [0.15, 0.2) is 18.2 Å². The Morgan fingerprint density at radius 1 is 1.35 bits per heavy atom. The van der Waals surface area contributed by atoms with Gasteiger partial charge in [0.05, 0.1) is 13.7 Å². The van der Waals surface area contributed by atoms with E-state index in [1.807, 2.05) is 32.0 Å². The molecule has 112 valence electrons. The highest BCUT2D eigenvalue weighted by molar-refractivity contribution is 5.91. The van der Waals surface area contributed by atoms with E-state index in [0.29, 0.717) is 19.6 Å². The van der Waals surface area contributed by atoms with Crippen LogP contribution in [0, 0.1) is 6.92 Å². The van der Waals surface area contributed by atoms with Gasteiger partial charge < -0.3 is 20.1 Å². The first-order valence-electron chi connectivity index (χ1n) is 6.73. The molecule has 0 saturated heterocycles. The van der Waals surface area contributed by atoms with Crippen LogP contribution in [0.1, 0.15) is 18.9 Å². The lowest BCUT2D eigenvalue weighted by Crippen LogP contribution is -2.32. The maximum absolute atomic E-state index is 11.8. The van der Waals surface area contributed by atoms with Gasteiger partial charge in [-0.1, -0.05) is 0 Å². The average Bonchev–Trinajstić information content (AvgIpc) is 2.41. The van der Waals surface area contributed by atoms with Crippen molar-refractivity contribution in [3.63, 3.8) is 0 Å². The van der Waals surface area contributed by atoms with Gasteiger partial charge in [0, 0.05) is 31.8 Å². The van der Waals surface area contributed by atoms with Gasteiger partial charge >= 0.3 is 0 Å². The molecule has 20 heavy (non-hydrogen) atoms. The Hall–Kier alpha value is -1.59. The normalized spacial score (nSPS) is 12.0. The Bertz CT molecular complexity index is 435. The standard InChI is InChI=1S/C15H24N2O3/c1-11-9-13(20-4)5-6-14(11)17-15(18)7-8-16-12(2)10-19-3/h5-6,9,12,16H,7-8,10H2,1-4H3,(H,17,18)/t12-/m0/s1. The van der Waals surface area contributed by atoms with Crippen molar-refractivity contribution in [1.29, 1.82) is 0 Å². The Morgan fingerprint density at radius 3 is 2.70 bits per heavy atom. The lowest BCUT2D eigenvalue weighted by atomic mass is 10.2. The summed E-state index contributed by atoms with van der Waals surface area (Å²) in [5.74, 6) is 0.783. The van der Waals surface area contributed by atoms with Crippen LogP contribution in [-0.2, 0) is 9.53 Å². The first-order valence-corrected chi connectivity index (χ1v) is 6.73. The van der Waals surface area contributed by atoms with Crippen LogP contribution in [-0.4, -0.2) is 39.3 Å². The fourth-order valence-electron chi connectivity index (χ4n) is 1.86. The first-order chi connectivity index (χ1) is 9.56. The van der Waals surface area contributed by atoms with E-state index in [4.69, 9.17) is 9.47 Å². The summed E-state index contributed by atoms with van der Waals surface area (Å²) >= 11 is 0. The van der Waals surface area contributed by atoms with Crippen LogP contribution >= 0.6 is 0 Å². The van der Waals surface area contributed by atoms with Gasteiger partial charge in [-0.15, -0.1) is 0 Å². The Labute approximate surface area is 120 Å². The molecule has 2 N–H and O–H groups in total. The second-order valence-corrected chi connectivity index (χ2v) is 4.79. The maximum atomic E-state index is 11.8. The lowest BCUT2D eigenvalue weighted by molar-refractivity contribution is -0.116. The quantitative estimate of drug-likeness (QED) is 0.764. The molecule has 0 bridgehead atoms. The number of rotatable bonds is 8. The van der Waals surface area contributed by atoms with Gasteiger partial charge in [-0.25, -0.2) is 0 Å². The zero-order valence-electron chi connectivity index (χ0n) is 12.7. The zero-order valence-corrected chi connectivity index (χ0v) is 12.7. The summed E-state index contributed by atoms with van der Waals surface area (Å²) in [7, 11) is 3.29. The molecule has 1 aromatic rings. The monoisotopic (exact) mass is 280 g/mol. The minimum atomic E-state index is -0.00427. The van der Waals surface area contributed by atoms with Crippen molar-refractivity contribution < 1.29 is 14.3 Å². The molecule has 0 radical (unpaired) electrons. The molecule has 1 atom stereocenters. The fourth-order valence-corrected chi connectivity index (χ4v) is 1.86. The third kappa shape index (κ3) is 5.59. The van der Waals surface area contributed by atoms with Crippen molar-refractivity contribution in [3.05, 3.63) is 23.8 Å². The number of anilines is 1. The van der Waals surface area contributed by atoms with E-state index in [1.54, 1.807) is 14.2 Å². The molecule has 5 heteroatoms. The van der Waals surface area contributed by atoms with Crippen molar-refractivity contribution in [2.75, 3.05) is 32.7 Å². The third-order valence-corrected chi connectivity index (χ3v) is 2.97. The molecule has 0 fully saturated rings. The highest BCUT2D eigenvalue weighted by atomic mass is 16.5. The molecule has 0 heterocycles. The molecule has 1 amide bonds. The number of benzene rings is 1. The molecule has 0 aliphatic rings. The van der Waals surface area contributed by atoms with Crippen molar-refractivity contribution >= 4 is 11.6 Å². The number of ether oxygens (including phenoxy) is 2. The zero-order chi connectivity index (χ0) is 15.0. The Morgan fingerprint density at radius 2 is 2.10 bits per heavy atom. The largest absolute Gasteiger partial charge is 0.497 e. The summed E-state index contributed by atoms with van der Waals surface area (Å²) in [5, 5.41) is 6.13. The summed E-state index contributed by atoms with van der Waals surface area (Å²) in [6.07, 6.45) is 0.430. The van der Waals surface area contributed by atoms with E-state index in [1.165, 1.54) is 0 Å². The van der Waals surface area contributed by atoms with Crippen LogP contribution in [0.2, 0.25) is 0 Å². The van der Waals surface area contributed by atoms with E-state index < -0.39 is 0 Å². The Kier molecular flexibility index (Phi) is 7.04. The van der Waals surface area contributed by atoms with Gasteiger partial charge in [0.15, 0.2) is 0 Å². The number of aryl methyl sites for hydroxylation is 1. The van der Waals surface area contributed by atoms with Crippen molar-refractivity contribution in [2.45, 2.75) is 26.3 Å². The van der Waals surface area contributed by atoms with E-state index in [-0.39, 0.29) is 11.9 Å². The van der Waals surface area contributed by atoms with Gasteiger partial charge in [-0.2, -0.15) is 0 Å². The first kappa shape index (κ1) is 16.5. The van der Waals surface area contributed by atoms with Gasteiger partial charge in [-0.05, 0) is 37.6 Å². The molecule has 1 rings (SSSR count). The summed E-state index contributed by atoms with van der Waals surface area (Å²) in [5.41, 5.74) is 1.80. The number of carbonyl (C=O) groups is 1. The molecule has 0 saturated carbocycles. The topological polar surface area (TPSA) is 59.6 Å². The maximum Gasteiger partial charge on any atom is 0.225 e. The fraction of sp³-hybridized carbons (Fsp3) is 0.533. The molecule has 0 unspecified atom stereocenters. The van der Waals surface area contributed by atoms with Crippen molar-refractivity contribution in [1.82, 2.24) is 5.32 Å². The minimum Gasteiger partial charge on any atom is -0.497 e. The molecular weight excluding hydrogens is 256 g/mol. The smallest absolute Gasteiger partial charge is 0.225 e. The number of nitrogens with one attached hydrogen (secondary N) is 2. The van der Waals surface area contributed by atoms with Gasteiger partial charge in [-0.3, -0.25) is 4.79 Å². The van der Waals surface area contributed by atoms with E-state index in [0.717, 1.165) is 17.0 Å². The highest BCUT2D eigenvalue weighted by Gasteiger charge is 2.07. The number of hydrogen-bond acceptors (Lipinski definition) is 4. The molecule has 0 aliphatic carbocycles. The van der Waals surface area contributed by atoms with E-state index in [2.05, 4.69) is 10.6 Å². The van der Waals surface area contributed by atoms with Gasteiger partial charge in [0.2, 0.25) is 5.91 Å². The molecule has 5 nitrogen and oxygen atoms in total. The molecule has 0 aromatic heterocycles. The summed E-state index contributed by atoms with van der Waals surface area (Å²) in [4.78, 5) is 11.8. The number of hydrogen-bond donors (Lipinski definition) is 2. The van der Waals surface area contributed by atoms with Gasteiger partial charge in [0.1, 0.15) is 5.75 Å². The second-order valence-electron chi connectivity index (χ2n) is 4.79. The lowest BCUT2D eigenvalue weighted by Gasteiger charge is -2.13. The molecule has 0 spiro atoms. The van der Waals surface area contributed by atoms with E-state index in [9.17, 15) is 4.79 Å². The summed E-state index contributed by atoms with van der Waals surface area (Å²) in [6, 6.07) is 5.83. The van der Waals surface area contributed by atoms with Gasteiger partial charge in [0.25, 0.3) is 0 Å². The van der Waals surface area contributed by atoms with Crippen LogP contribution in [0.25, 0.3) is 0 Å². The SMILES string of the molecule is COC[C@H](C)NCCC(=O)Nc1ccc(OC)cc1C. The summed E-state index contributed by atoms with van der Waals surface area (Å²) < 4.78 is 10.2. The second kappa shape index (κ2) is 8.55. The predicted octanol–water partition coefficient (Wildman–Crippen LogP) is 1.96. The predicted molar refractivity (Wildman–Crippen MR) is 80.3 cm³/mol. The molecular formula is C15H24N2O3. The van der Waals surface area contributed by atoms with E-state index >= 15 is 0 Å². The number of amides is 1. The molecule has 1 aromatic carbocycles. The van der Waals surface area contributed by atoms with Crippen LogP contribution < -0.4 is 15.4 Å². The van der Waals surface area contributed by atoms with Crippen LogP contribution in [0.5, 0.6) is 5.75 Å². The Balaban J connectivity index is 2.39. The molecule has 0 aliphatic heterocycles. The number of carbonyl (C=O) groups excluding carboxylic acids is 1. The summed E-state index contributed by atoms with van der Waals surface area (Å²) in [6.45, 7) is 5.23. The average molecular weight is 280 g/mol. The van der Waals surface area contributed by atoms with Crippen molar-refractivity contribution in [2.24, 2.45) is 0 Å².